The molecule has 0 spiro atoms. The summed E-state index contributed by atoms with van der Waals surface area (Å²) >= 11 is 1.39. The summed E-state index contributed by atoms with van der Waals surface area (Å²) in [6, 6.07) is 11.2. The number of fused-ring (bicyclic) bond motifs is 2. The summed E-state index contributed by atoms with van der Waals surface area (Å²) in [5.41, 5.74) is 7.39. The Balaban J connectivity index is 1.44. The van der Waals surface area contributed by atoms with E-state index in [1.807, 2.05) is 11.4 Å². The standard InChI is InChI=1S/C21H25N3O2S/c22-16-10-13-4-1-5-14(11-16)19(13)24-20(25)15-6-2-7-17(12-15)23-21(26)18-8-3-9-27-18/h2-3,6-9,12-14,16,19H,1,4-5,10-11,22H2,(H,23,26)(H,24,25). The Kier molecular flexibility index (Phi) is 5.27. The molecule has 6 heteroatoms. The number of nitrogens with one attached hydrogen (secondary N) is 2. The highest BCUT2D eigenvalue weighted by molar-refractivity contribution is 7.12. The summed E-state index contributed by atoms with van der Waals surface area (Å²) in [6.45, 7) is 0. The van der Waals surface area contributed by atoms with Crippen LogP contribution in [0.2, 0.25) is 0 Å². The molecule has 4 rings (SSSR count). The van der Waals surface area contributed by atoms with Gasteiger partial charge in [0.2, 0.25) is 0 Å². The van der Waals surface area contributed by atoms with Crippen molar-refractivity contribution in [1.29, 1.82) is 0 Å². The second-order valence-electron chi connectivity index (χ2n) is 7.69. The molecule has 2 aliphatic rings. The van der Waals surface area contributed by atoms with Crippen molar-refractivity contribution in [3.05, 3.63) is 52.2 Å². The minimum Gasteiger partial charge on any atom is -0.349 e. The number of amides is 2. The smallest absolute Gasteiger partial charge is 0.265 e. The van der Waals surface area contributed by atoms with Crippen molar-refractivity contribution in [3.8, 4) is 0 Å². The van der Waals surface area contributed by atoms with E-state index in [2.05, 4.69) is 10.6 Å². The van der Waals surface area contributed by atoms with E-state index in [-0.39, 0.29) is 23.9 Å². The quantitative estimate of drug-likeness (QED) is 0.754. The van der Waals surface area contributed by atoms with Crippen LogP contribution in [-0.2, 0) is 0 Å². The molecule has 2 unspecified atom stereocenters. The Morgan fingerprint density at radius 3 is 2.52 bits per heavy atom. The monoisotopic (exact) mass is 383 g/mol. The minimum absolute atomic E-state index is 0.0698. The van der Waals surface area contributed by atoms with E-state index in [0.717, 1.165) is 25.7 Å². The Labute approximate surface area is 163 Å². The third kappa shape index (κ3) is 4.06. The van der Waals surface area contributed by atoms with Gasteiger partial charge in [-0.15, -0.1) is 11.3 Å². The maximum Gasteiger partial charge on any atom is 0.265 e. The van der Waals surface area contributed by atoms with Gasteiger partial charge in [-0.1, -0.05) is 18.6 Å². The van der Waals surface area contributed by atoms with Crippen molar-refractivity contribution in [2.45, 2.75) is 44.2 Å². The average molecular weight is 384 g/mol. The van der Waals surface area contributed by atoms with Gasteiger partial charge in [0.05, 0.1) is 4.88 Å². The van der Waals surface area contributed by atoms with Crippen LogP contribution in [0.25, 0.3) is 0 Å². The fourth-order valence-electron chi connectivity index (χ4n) is 4.60. The van der Waals surface area contributed by atoms with E-state index < -0.39 is 0 Å². The van der Waals surface area contributed by atoms with Gasteiger partial charge in [0, 0.05) is 23.3 Å². The first-order chi connectivity index (χ1) is 13.1. The summed E-state index contributed by atoms with van der Waals surface area (Å²) in [5, 5.41) is 7.99. The average Bonchev–Trinajstić information content (AvgIpc) is 3.17. The summed E-state index contributed by atoms with van der Waals surface area (Å²) in [6.07, 6.45) is 5.52. The van der Waals surface area contributed by atoms with Crippen LogP contribution in [0.5, 0.6) is 0 Å². The molecule has 0 radical (unpaired) electrons. The zero-order valence-corrected chi connectivity index (χ0v) is 16.0. The van der Waals surface area contributed by atoms with Gasteiger partial charge >= 0.3 is 0 Å². The summed E-state index contributed by atoms with van der Waals surface area (Å²) < 4.78 is 0. The SMILES string of the molecule is NC1CC2CCCC(C1)C2NC(=O)c1cccc(NC(=O)c2cccs2)c1. The van der Waals surface area contributed by atoms with Crippen molar-refractivity contribution < 1.29 is 9.59 Å². The molecular weight excluding hydrogens is 358 g/mol. The third-order valence-corrected chi connectivity index (χ3v) is 6.67. The summed E-state index contributed by atoms with van der Waals surface area (Å²) in [4.78, 5) is 25.7. The summed E-state index contributed by atoms with van der Waals surface area (Å²) in [5.74, 6) is 0.745. The number of carbonyl (C=O) groups is 2. The van der Waals surface area contributed by atoms with Crippen LogP contribution in [0, 0.1) is 11.8 Å². The van der Waals surface area contributed by atoms with E-state index in [9.17, 15) is 9.59 Å². The number of anilines is 1. The maximum absolute atomic E-state index is 12.8. The molecule has 142 valence electrons. The third-order valence-electron chi connectivity index (χ3n) is 5.80. The van der Waals surface area contributed by atoms with Crippen LogP contribution in [0.3, 0.4) is 0 Å². The molecule has 2 aliphatic carbocycles. The second-order valence-corrected chi connectivity index (χ2v) is 8.64. The molecule has 1 aromatic carbocycles. The Morgan fingerprint density at radius 2 is 1.81 bits per heavy atom. The molecular formula is C21H25N3O2S. The highest BCUT2D eigenvalue weighted by Crippen LogP contribution is 2.39. The van der Waals surface area contributed by atoms with Gasteiger partial charge < -0.3 is 16.4 Å². The number of hydrogen-bond acceptors (Lipinski definition) is 4. The predicted octanol–water partition coefficient (Wildman–Crippen LogP) is 3.64. The highest BCUT2D eigenvalue weighted by Gasteiger charge is 2.39. The van der Waals surface area contributed by atoms with E-state index in [1.165, 1.54) is 17.8 Å². The molecule has 2 aromatic rings. The van der Waals surface area contributed by atoms with Crippen molar-refractivity contribution >= 4 is 28.8 Å². The van der Waals surface area contributed by atoms with Crippen LogP contribution in [0.4, 0.5) is 5.69 Å². The van der Waals surface area contributed by atoms with Gasteiger partial charge in [-0.2, -0.15) is 0 Å². The molecule has 4 N–H and O–H groups in total. The lowest BCUT2D eigenvalue weighted by Crippen LogP contribution is -2.53. The second kappa shape index (κ2) is 7.82. The molecule has 2 atom stereocenters. The van der Waals surface area contributed by atoms with Crippen LogP contribution in [0.15, 0.2) is 41.8 Å². The predicted molar refractivity (Wildman–Crippen MR) is 108 cm³/mol. The molecule has 0 aliphatic heterocycles. The van der Waals surface area contributed by atoms with Gasteiger partial charge in [0.15, 0.2) is 0 Å². The van der Waals surface area contributed by atoms with Crippen molar-refractivity contribution in [1.82, 2.24) is 5.32 Å². The molecule has 2 saturated carbocycles. The molecule has 1 heterocycles. The van der Waals surface area contributed by atoms with E-state index in [1.54, 1.807) is 30.3 Å². The summed E-state index contributed by atoms with van der Waals surface area (Å²) in [7, 11) is 0. The number of nitrogens with two attached hydrogens (primary N) is 1. The first-order valence-corrected chi connectivity index (χ1v) is 10.5. The van der Waals surface area contributed by atoms with E-state index in [4.69, 9.17) is 5.73 Å². The number of hydrogen-bond donors (Lipinski definition) is 3. The molecule has 2 fully saturated rings. The zero-order valence-electron chi connectivity index (χ0n) is 15.2. The Hall–Kier alpha value is -2.18. The van der Waals surface area contributed by atoms with Crippen molar-refractivity contribution in [2.75, 3.05) is 5.32 Å². The van der Waals surface area contributed by atoms with Crippen molar-refractivity contribution in [2.24, 2.45) is 17.6 Å². The lowest BCUT2D eigenvalue weighted by molar-refractivity contribution is 0.0756. The lowest BCUT2D eigenvalue weighted by atomic mass is 9.67. The van der Waals surface area contributed by atoms with Gasteiger partial charge in [-0.05, 0) is 67.2 Å². The van der Waals surface area contributed by atoms with Gasteiger partial charge in [0.1, 0.15) is 0 Å². The van der Waals surface area contributed by atoms with Gasteiger partial charge in [0.25, 0.3) is 11.8 Å². The van der Waals surface area contributed by atoms with Crippen LogP contribution in [0.1, 0.15) is 52.1 Å². The molecule has 2 bridgehead atoms. The Morgan fingerprint density at radius 1 is 1.04 bits per heavy atom. The number of benzene rings is 1. The maximum atomic E-state index is 12.8. The fourth-order valence-corrected chi connectivity index (χ4v) is 5.22. The number of rotatable bonds is 4. The topological polar surface area (TPSA) is 84.2 Å². The van der Waals surface area contributed by atoms with Crippen LogP contribution < -0.4 is 16.4 Å². The van der Waals surface area contributed by atoms with Crippen LogP contribution in [-0.4, -0.2) is 23.9 Å². The van der Waals surface area contributed by atoms with E-state index in [0.29, 0.717) is 28.0 Å². The molecule has 27 heavy (non-hydrogen) atoms. The van der Waals surface area contributed by atoms with Crippen molar-refractivity contribution in [3.63, 3.8) is 0 Å². The molecule has 1 aromatic heterocycles. The largest absolute Gasteiger partial charge is 0.349 e. The first-order valence-electron chi connectivity index (χ1n) is 9.61. The zero-order chi connectivity index (χ0) is 18.8. The first kappa shape index (κ1) is 18.2. The highest BCUT2D eigenvalue weighted by atomic mass is 32.1. The molecule has 2 amide bonds. The number of carbonyl (C=O) groups excluding carboxylic acids is 2. The normalized spacial score (nSPS) is 27.0. The van der Waals surface area contributed by atoms with Gasteiger partial charge in [-0.3, -0.25) is 9.59 Å². The molecule has 0 saturated heterocycles. The van der Waals surface area contributed by atoms with E-state index >= 15 is 0 Å². The van der Waals surface area contributed by atoms with Crippen LogP contribution >= 0.6 is 11.3 Å². The Bertz CT molecular complexity index is 807. The number of thiophene rings is 1. The minimum atomic E-state index is -0.154. The molecule has 5 nitrogen and oxygen atoms in total. The fraction of sp³-hybridized carbons (Fsp3) is 0.429. The lowest BCUT2D eigenvalue weighted by Gasteiger charge is -2.45. The van der Waals surface area contributed by atoms with Gasteiger partial charge in [-0.25, -0.2) is 0 Å².